The van der Waals surface area contributed by atoms with Gasteiger partial charge >= 0.3 is 0 Å². The van der Waals surface area contributed by atoms with Crippen molar-refractivity contribution >= 4 is 40.4 Å². The smallest absolute Gasteiger partial charge is 0.286 e. The molecule has 1 aromatic heterocycles. The van der Waals surface area contributed by atoms with Crippen molar-refractivity contribution in [3.8, 4) is 0 Å². The molecule has 1 aliphatic rings. The first-order chi connectivity index (χ1) is 16.4. The van der Waals surface area contributed by atoms with Crippen molar-refractivity contribution in [2.45, 2.75) is 26.2 Å². The second-order valence-electron chi connectivity index (χ2n) is 7.94. The monoisotopic (exact) mass is 481 g/mol. The number of rotatable bonds is 6. The number of nitrogens with one attached hydrogen (secondary N) is 2. The zero-order valence-electron chi connectivity index (χ0n) is 18.6. The molecule has 1 fully saturated rings. The molecule has 0 bridgehead atoms. The van der Waals surface area contributed by atoms with Gasteiger partial charge in [-0.15, -0.1) is 10.2 Å². The minimum Gasteiger partial charge on any atom is -0.336 e. The van der Waals surface area contributed by atoms with Crippen LogP contribution in [0.2, 0.25) is 0 Å². The molecule has 8 nitrogen and oxygen atoms in total. The number of aromatic nitrogens is 2. The number of anilines is 2. The molecule has 34 heavy (non-hydrogen) atoms. The fourth-order valence-electron chi connectivity index (χ4n) is 3.78. The number of para-hydroxylation sites is 1. The standard InChI is InChI=1S/C24H24FN5O3S/c1-2-15-5-3-4-6-19(15)27-20(31)16-11-13-30(14-12-16)24(33)23-29-28-22(34-23)21(32)26-18-9-7-17(25)8-10-18/h3-10,16H,2,11-14H2,1H3,(H,26,32)(H,27,31). The van der Waals surface area contributed by atoms with Gasteiger partial charge in [-0.2, -0.15) is 0 Å². The van der Waals surface area contributed by atoms with Crippen LogP contribution in [0.5, 0.6) is 0 Å². The first-order valence-electron chi connectivity index (χ1n) is 11.0. The van der Waals surface area contributed by atoms with Crippen molar-refractivity contribution < 1.29 is 18.8 Å². The van der Waals surface area contributed by atoms with Crippen molar-refractivity contribution in [3.63, 3.8) is 0 Å². The molecule has 0 saturated carbocycles. The maximum Gasteiger partial charge on any atom is 0.286 e. The lowest BCUT2D eigenvalue weighted by atomic mass is 9.95. The van der Waals surface area contributed by atoms with Crippen LogP contribution in [-0.4, -0.2) is 45.9 Å². The van der Waals surface area contributed by atoms with Crippen LogP contribution in [-0.2, 0) is 11.2 Å². The van der Waals surface area contributed by atoms with Gasteiger partial charge in [-0.1, -0.05) is 36.5 Å². The Labute approximate surface area is 200 Å². The van der Waals surface area contributed by atoms with Gasteiger partial charge in [-0.3, -0.25) is 14.4 Å². The third-order valence-electron chi connectivity index (χ3n) is 5.71. The lowest BCUT2D eigenvalue weighted by molar-refractivity contribution is -0.121. The Bertz CT molecular complexity index is 1190. The minimum absolute atomic E-state index is 0.0383. The van der Waals surface area contributed by atoms with Gasteiger partial charge in [0.25, 0.3) is 11.8 Å². The first-order valence-corrected chi connectivity index (χ1v) is 11.8. The number of piperidine rings is 1. The predicted molar refractivity (Wildman–Crippen MR) is 127 cm³/mol. The first kappa shape index (κ1) is 23.5. The topological polar surface area (TPSA) is 104 Å². The van der Waals surface area contributed by atoms with E-state index in [1.54, 1.807) is 4.90 Å². The van der Waals surface area contributed by atoms with E-state index in [9.17, 15) is 18.8 Å². The highest BCUT2D eigenvalue weighted by Crippen LogP contribution is 2.24. The van der Waals surface area contributed by atoms with E-state index in [1.807, 2.05) is 31.2 Å². The molecule has 1 aliphatic heterocycles. The molecule has 3 aromatic rings. The van der Waals surface area contributed by atoms with Crippen molar-refractivity contribution in [1.29, 1.82) is 0 Å². The molecule has 0 aliphatic carbocycles. The second kappa shape index (κ2) is 10.5. The summed E-state index contributed by atoms with van der Waals surface area (Å²) in [6.07, 6.45) is 1.92. The summed E-state index contributed by atoms with van der Waals surface area (Å²) < 4.78 is 13.0. The summed E-state index contributed by atoms with van der Waals surface area (Å²) in [5.74, 6) is -1.46. The Morgan fingerprint density at radius 2 is 1.68 bits per heavy atom. The molecule has 0 unspecified atom stereocenters. The number of nitrogens with zero attached hydrogens (tertiary/aromatic N) is 3. The number of hydrogen-bond donors (Lipinski definition) is 2. The predicted octanol–water partition coefficient (Wildman–Crippen LogP) is 3.98. The number of likely N-dealkylation sites (tertiary alicyclic amines) is 1. The van der Waals surface area contributed by atoms with Crippen LogP contribution in [0.3, 0.4) is 0 Å². The van der Waals surface area contributed by atoms with Crippen molar-refractivity contribution in [3.05, 3.63) is 69.9 Å². The summed E-state index contributed by atoms with van der Waals surface area (Å²) in [5, 5.41) is 13.5. The van der Waals surface area contributed by atoms with E-state index in [0.29, 0.717) is 31.6 Å². The van der Waals surface area contributed by atoms with E-state index in [4.69, 9.17) is 0 Å². The maximum atomic E-state index is 13.0. The highest BCUT2D eigenvalue weighted by molar-refractivity contribution is 7.15. The quantitative estimate of drug-likeness (QED) is 0.554. The van der Waals surface area contributed by atoms with E-state index >= 15 is 0 Å². The zero-order valence-corrected chi connectivity index (χ0v) is 19.4. The normalized spacial score (nSPS) is 14.0. The van der Waals surface area contributed by atoms with Gasteiger partial charge in [0.15, 0.2) is 0 Å². The lowest BCUT2D eigenvalue weighted by Crippen LogP contribution is -2.41. The van der Waals surface area contributed by atoms with Crippen molar-refractivity contribution in [2.75, 3.05) is 23.7 Å². The largest absolute Gasteiger partial charge is 0.336 e. The fraction of sp³-hybridized carbons (Fsp3) is 0.292. The van der Waals surface area contributed by atoms with Gasteiger partial charge in [0, 0.05) is 30.4 Å². The van der Waals surface area contributed by atoms with Gasteiger partial charge < -0.3 is 15.5 Å². The van der Waals surface area contributed by atoms with E-state index in [2.05, 4.69) is 20.8 Å². The van der Waals surface area contributed by atoms with Crippen LogP contribution in [0.25, 0.3) is 0 Å². The number of carbonyl (C=O) groups excluding carboxylic acids is 3. The lowest BCUT2D eigenvalue weighted by Gasteiger charge is -2.30. The number of amides is 3. The Kier molecular flexibility index (Phi) is 7.27. The average Bonchev–Trinajstić information content (AvgIpc) is 3.36. The molecule has 4 rings (SSSR count). The molecule has 10 heteroatoms. The third-order valence-corrected chi connectivity index (χ3v) is 6.62. The van der Waals surface area contributed by atoms with Gasteiger partial charge in [-0.25, -0.2) is 4.39 Å². The number of carbonyl (C=O) groups is 3. The van der Waals surface area contributed by atoms with Crippen LogP contribution >= 0.6 is 11.3 Å². The van der Waals surface area contributed by atoms with E-state index in [0.717, 1.165) is 29.0 Å². The molecule has 176 valence electrons. The second-order valence-corrected chi connectivity index (χ2v) is 8.92. The summed E-state index contributed by atoms with van der Waals surface area (Å²) in [4.78, 5) is 39.6. The molecule has 2 N–H and O–H groups in total. The molecule has 3 amide bonds. The zero-order chi connectivity index (χ0) is 24.1. The van der Waals surface area contributed by atoms with Gasteiger partial charge in [-0.05, 0) is 55.2 Å². The van der Waals surface area contributed by atoms with E-state index in [-0.39, 0.29) is 27.7 Å². The van der Waals surface area contributed by atoms with Crippen LogP contribution in [0.1, 0.15) is 44.9 Å². The summed E-state index contributed by atoms with van der Waals surface area (Å²) in [6.45, 7) is 2.88. The summed E-state index contributed by atoms with van der Waals surface area (Å²) in [7, 11) is 0. The van der Waals surface area contributed by atoms with Crippen molar-refractivity contribution in [1.82, 2.24) is 15.1 Å². The highest BCUT2D eigenvalue weighted by atomic mass is 32.1. The van der Waals surface area contributed by atoms with Gasteiger partial charge in [0.05, 0.1) is 0 Å². The Morgan fingerprint density at radius 1 is 1.00 bits per heavy atom. The van der Waals surface area contributed by atoms with E-state index in [1.165, 1.54) is 24.3 Å². The van der Waals surface area contributed by atoms with Gasteiger partial charge in [0.2, 0.25) is 15.9 Å². The van der Waals surface area contributed by atoms with Crippen LogP contribution < -0.4 is 10.6 Å². The average molecular weight is 482 g/mol. The molecule has 2 heterocycles. The Morgan fingerprint density at radius 3 is 2.38 bits per heavy atom. The number of benzene rings is 2. The molecule has 0 radical (unpaired) electrons. The molecule has 0 atom stereocenters. The Hall–Kier alpha value is -3.66. The molecular weight excluding hydrogens is 457 g/mol. The minimum atomic E-state index is -0.522. The SMILES string of the molecule is CCc1ccccc1NC(=O)C1CCN(C(=O)c2nnc(C(=O)Nc3ccc(F)cc3)s2)CC1. The Balaban J connectivity index is 1.31. The summed E-state index contributed by atoms with van der Waals surface area (Å²) >= 11 is 0.899. The number of hydrogen-bond acceptors (Lipinski definition) is 6. The highest BCUT2D eigenvalue weighted by Gasteiger charge is 2.30. The number of aryl methyl sites for hydroxylation is 1. The van der Waals surface area contributed by atoms with E-state index < -0.39 is 11.7 Å². The number of halogens is 1. The third kappa shape index (κ3) is 5.45. The summed E-state index contributed by atoms with van der Waals surface area (Å²) in [5.41, 5.74) is 2.32. The summed E-state index contributed by atoms with van der Waals surface area (Å²) in [6, 6.07) is 13.1. The molecule has 0 spiro atoms. The van der Waals surface area contributed by atoms with Crippen molar-refractivity contribution in [2.24, 2.45) is 5.92 Å². The van der Waals surface area contributed by atoms with Crippen LogP contribution in [0, 0.1) is 11.7 Å². The maximum absolute atomic E-state index is 13.0. The molecule has 2 aromatic carbocycles. The van der Waals surface area contributed by atoms with Gasteiger partial charge in [0.1, 0.15) is 5.82 Å². The van der Waals surface area contributed by atoms with Crippen LogP contribution in [0.15, 0.2) is 48.5 Å². The molecular formula is C24H24FN5O3S. The fourth-order valence-corrected chi connectivity index (χ4v) is 4.49. The van der Waals surface area contributed by atoms with Crippen LogP contribution in [0.4, 0.5) is 15.8 Å². The molecule has 1 saturated heterocycles.